The van der Waals surface area contributed by atoms with E-state index >= 15 is 0 Å². The van der Waals surface area contributed by atoms with E-state index in [1.54, 1.807) is 0 Å². The van der Waals surface area contributed by atoms with Crippen LogP contribution in [0.1, 0.15) is 16.8 Å². The van der Waals surface area contributed by atoms with Gasteiger partial charge in [-0.2, -0.15) is 0 Å². The average molecular weight is 751 g/mol. The molecule has 4 N–H and O–H groups in total. The smallest absolute Gasteiger partial charge is 0.0873 e. The highest BCUT2D eigenvalue weighted by Gasteiger charge is 2.22. The van der Waals surface area contributed by atoms with Gasteiger partial charge in [0.05, 0.1) is 16.9 Å². The Morgan fingerprint density at radius 3 is 1.12 bits per heavy atom. The first-order valence-corrected chi connectivity index (χ1v) is 19.2. The van der Waals surface area contributed by atoms with Gasteiger partial charge in [0, 0.05) is 62.0 Å². The van der Waals surface area contributed by atoms with Gasteiger partial charge in [-0.05, 0) is 103 Å². The standard InChI is InChI=1S/C42H32N4.C10H10N2/c43-41-39(31-21-25-37(26-22-31)45(33-13-5-1-6-14-33)34-15-7-2-8-16-34)29-30-40(42(41)44)32-23-27-38(28-24-32)46(35-17-9-3-10-18-35)36-19-11-4-12-20-36;1-7-6-9(11)8-4-2-3-5-10(8)12-7/h1-30,43-44H;2-6H,1H3,(H2,11,12). The number of nitrogens with one attached hydrogen (secondary N) is 2. The zero-order chi connectivity index (χ0) is 39.8. The molecule has 0 saturated heterocycles. The number of allylic oxidation sites excluding steroid dienone is 4. The van der Waals surface area contributed by atoms with Crippen LogP contribution in [0.25, 0.3) is 22.0 Å². The molecule has 1 heterocycles. The Labute approximate surface area is 339 Å². The molecule has 0 radical (unpaired) electrons. The lowest BCUT2D eigenvalue weighted by molar-refractivity contribution is 1.26. The molecule has 0 unspecified atom stereocenters. The third kappa shape index (κ3) is 7.94. The molecule has 1 aliphatic rings. The number of rotatable bonds is 8. The van der Waals surface area contributed by atoms with Crippen LogP contribution < -0.4 is 15.5 Å². The van der Waals surface area contributed by atoms with Gasteiger partial charge in [-0.3, -0.25) is 15.8 Å². The SMILES string of the molecule is Cc1cc(N)c2ccccc2n1.N=C1C(=N)C(c2ccc(N(c3ccccc3)c3ccccc3)cc2)=CC=C1c1ccc(N(c2ccccc2)c2ccccc2)cc1. The molecular weight excluding hydrogens is 709 g/mol. The Hall–Kier alpha value is -7.83. The van der Waals surface area contributed by atoms with Gasteiger partial charge in [-0.15, -0.1) is 0 Å². The predicted octanol–water partition coefficient (Wildman–Crippen LogP) is 13.3. The predicted molar refractivity (Wildman–Crippen MR) is 245 cm³/mol. The number of aromatic nitrogens is 1. The molecule has 1 aromatic heterocycles. The Morgan fingerprint density at radius 1 is 0.414 bits per heavy atom. The first-order valence-electron chi connectivity index (χ1n) is 19.2. The molecule has 58 heavy (non-hydrogen) atoms. The first-order chi connectivity index (χ1) is 28.4. The summed E-state index contributed by atoms with van der Waals surface area (Å²) in [5.74, 6) is 0. The molecule has 0 saturated carbocycles. The molecule has 0 bridgehead atoms. The lowest BCUT2D eigenvalue weighted by Gasteiger charge is -2.26. The lowest BCUT2D eigenvalue weighted by atomic mass is 9.86. The van der Waals surface area contributed by atoms with Crippen LogP contribution in [0, 0.1) is 17.7 Å². The summed E-state index contributed by atoms with van der Waals surface area (Å²) in [6.07, 6.45) is 3.93. The lowest BCUT2D eigenvalue weighted by Crippen LogP contribution is -2.19. The molecule has 7 aromatic carbocycles. The number of nitrogens with two attached hydrogens (primary N) is 1. The minimum Gasteiger partial charge on any atom is -0.398 e. The van der Waals surface area contributed by atoms with Gasteiger partial charge in [0.25, 0.3) is 0 Å². The van der Waals surface area contributed by atoms with E-state index in [-0.39, 0.29) is 11.4 Å². The van der Waals surface area contributed by atoms with Crippen molar-refractivity contribution in [1.82, 2.24) is 4.98 Å². The van der Waals surface area contributed by atoms with Gasteiger partial charge in [0.1, 0.15) is 0 Å². The third-order valence-electron chi connectivity index (χ3n) is 10.0. The minimum atomic E-state index is 0.215. The highest BCUT2D eigenvalue weighted by Crippen LogP contribution is 2.37. The van der Waals surface area contributed by atoms with Crippen molar-refractivity contribution >= 4 is 73.3 Å². The van der Waals surface area contributed by atoms with Crippen LogP contribution in [0.5, 0.6) is 0 Å². The van der Waals surface area contributed by atoms with Crippen molar-refractivity contribution in [1.29, 1.82) is 10.8 Å². The molecule has 9 rings (SSSR count). The number of anilines is 7. The van der Waals surface area contributed by atoms with Crippen molar-refractivity contribution < 1.29 is 0 Å². The number of benzene rings is 7. The number of nitrogens with zero attached hydrogens (tertiary/aromatic N) is 3. The number of aryl methyl sites for hydroxylation is 1. The summed E-state index contributed by atoms with van der Waals surface area (Å²) in [5, 5.41) is 18.9. The normalized spacial score (nSPS) is 12.2. The highest BCUT2D eigenvalue weighted by atomic mass is 15.1. The number of hydrogen-bond acceptors (Lipinski definition) is 6. The van der Waals surface area contributed by atoms with Crippen molar-refractivity contribution in [3.63, 3.8) is 0 Å². The minimum absolute atomic E-state index is 0.215. The molecule has 0 atom stereocenters. The van der Waals surface area contributed by atoms with E-state index in [1.807, 2.05) is 146 Å². The van der Waals surface area contributed by atoms with E-state index in [2.05, 4.69) is 87.6 Å². The Bertz CT molecular complexity index is 2510. The van der Waals surface area contributed by atoms with E-state index in [4.69, 9.17) is 16.6 Å². The van der Waals surface area contributed by atoms with E-state index in [1.165, 1.54) is 0 Å². The zero-order valence-corrected chi connectivity index (χ0v) is 32.1. The number of nitrogen functional groups attached to an aromatic ring is 1. The van der Waals surface area contributed by atoms with Gasteiger partial charge in [0.15, 0.2) is 0 Å². The quantitative estimate of drug-likeness (QED) is 0.135. The first kappa shape index (κ1) is 37.1. The van der Waals surface area contributed by atoms with E-state index in [9.17, 15) is 0 Å². The van der Waals surface area contributed by atoms with Crippen LogP contribution in [0.3, 0.4) is 0 Å². The van der Waals surface area contributed by atoms with E-state index < -0.39 is 0 Å². The second-order valence-electron chi connectivity index (χ2n) is 13.9. The summed E-state index contributed by atoms with van der Waals surface area (Å²) in [7, 11) is 0. The topological polar surface area (TPSA) is 93.1 Å². The summed E-state index contributed by atoms with van der Waals surface area (Å²) in [4.78, 5) is 8.78. The Morgan fingerprint density at radius 2 is 0.741 bits per heavy atom. The largest absolute Gasteiger partial charge is 0.398 e. The van der Waals surface area contributed by atoms with Crippen molar-refractivity contribution in [3.05, 3.63) is 229 Å². The second-order valence-corrected chi connectivity index (χ2v) is 13.9. The molecule has 0 amide bonds. The molecule has 6 nitrogen and oxygen atoms in total. The van der Waals surface area contributed by atoms with Crippen LogP contribution in [-0.4, -0.2) is 16.4 Å². The van der Waals surface area contributed by atoms with E-state index in [0.29, 0.717) is 0 Å². The fourth-order valence-electron chi connectivity index (χ4n) is 7.21. The maximum absolute atomic E-state index is 8.96. The summed E-state index contributed by atoms with van der Waals surface area (Å²) in [5.41, 5.74) is 18.6. The second kappa shape index (κ2) is 16.9. The summed E-state index contributed by atoms with van der Waals surface area (Å²) in [6.45, 7) is 1.95. The Balaban J connectivity index is 0.000000333. The number of para-hydroxylation sites is 5. The summed E-state index contributed by atoms with van der Waals surface area (Å²) >= 11 is 0. The number of fused-ring (bicyclic) bond motifs is 1. The zero-order valence-electron chi connectivity index (χ0n) is 32.1. The molecule has 0 fully saturated rings. The monoisotopic (exact) mass is 750 g/mol. The Kier molecular flexibility index (Phi) is 10.8. The van der Waals surface area contributed by atoms with Crippen LogP contribution >= 0.6 is 0 Å². The van der Waals surface area contributed by atoms with Crippen LogP contribution in [0.4, 0.5) is 39.8 Å². The number of hydrogen-bond donors (Lipinski definition) is 3. The summed E-state index contributed by atoms with van der Waals surface area (Å²) < 4.78 is 0. The molecule has 8 aromatic rings. The van der Waals surface area contributed by atoms with Crippen molar-refractivity contribution in [2.24, 2.45) is 0 Å². The molecule has 280 valence electrons. The molecule has 0 spiro atoms. The highest BCUT2D eigenvalue weighted by molar-refractivity contribution is 6.68. The molecular formula is C52H42N6. The van der Waals surface area contributed by atoms with Crippen LogP contribution in [0.15, 0.2) is 212 Å². The van der Waals surface area contributed by atoms with Crippen LogP contribution in [-0.2, 0) is 0 Å². The van der Waals surface area contributed by atoms with Crippen molar-refractivity contribution in [2.45, 2.75) is 6.92 Å². The average Bonchev–Trinajstić information content (AvgIpc) is 3.27. The van der Waals surface area contributed by atoms with Gasteiger partial charge >= 0.3 is 0 Å². The van der Waals surface area contributed by atoms with Gasteiger partial charge in [0.2, 0.25) is 0 Å². The maximum Gasteiger partial charge on any atom is 0.0873 e. The van der Waals surface area contributed by atoms with Crippen molar-refractivity contribution in [3.8, 4) is 0 Å². The van der Waals surface area contributed by atoms with Gasteiger partial charge in [-0.1, -0.05) is 127 Å². The fraction of sp³-hybridized carbons (Fsp3) is 0.0192. The molecule has 6 heteroatoms. The van der Waals surface area contributed by atoms with Crippen LogP contribution in [0.2, 0.25) is 0 Å². The number of pyridine rings is 1. The molecule has 0 aliphatic heterocycles. The fourth-order valence-corrected chi connectivity index (χ4v) is 7.21. The molecule has 1 aliphatic carbocycles. The van der Waals surface area contributed by atoms with Crippen molar-refractivity contribution in [2.75, 3.05) is 15.5 Å². The maximum atomic E-state index is 8.96. The van der Waals surface area contributed by atoms with Gasteiger partial charge in [-0.25, -0.2) is 0 Å². The van der Waals surface area contributed by atoms with Gasteiger partial charge < -0.3 is 15.5 Å². The third-order valence-corrected chi connectivity index (χ3v) is 10.0. The summed E-state index contributed by atoms with van der Waals surface area (Å²) in [6, 6.07) is 67.5. The van der Waals surface area contributed by atoms with E-state index in [0.717, 1.165) is 78.7 Å².